The van der Waals surface area contributed by atoms with Crippen molar-refractivity contribution in [3.8, 4) is 0 Å². The van der Waals surface area contributed by atoms with Crippen LogP contribution in [0.2, 0.25) is 0 Å². The largest absolute Gasteiger partial charge is 0.359 e. The van der Waals surface area contributed by atoms with E-state index in [0.717, 1.165) is 0 Å². The van der Waals surface area contributed by atoms with Crippen LogP contribution in [0.4, 0.5) is 0 Å². The minimum atomic E-state index is 1.22. The topological polar surface area (TPSA) is 3.24 Å². The van der Waals surface area contributed by atoms with Crippen molar-refractivity contribution in [2.75, 3.05) is 6.54 Å². The lowest BCUT2D eigenvalue weighted by atomic mass is 10.1. The van der Waals surface area contributed by atoms with Crippen molar-refractivity contribution in [1.29, 1.82) is 0 Å². The summed E-state index contributed by atoms with van der Waals surface area (Å²) in [5, 5.41) is 0. The molecule has 0 saturated carbocycles. The van der Waals surface area contributed by atoms with E-state index in [1.807, 2.05) is 11.8 Å². The molecule has 1 radical (unpaired) electrons. The first-order valence-electron chi connectivity index (χ1n) is 7.32. The molecule has 0 fully saturated rings. The Kier molecular flexibility index (Phi) is 7.83. The van der Waals surface area contributed by atoms with E-state index in [1.165, 1.54) is 57.9 Å². The standard InChI is InChI=1S/C15H28NS/c1-4-7-10-14-15(11-8-5-2)17-13-16(14)12-9-6-3/h13H,4-12H2,1-3H3. The van der Waals surface area contributed by atoms with Gasteiger partial charge in [0, 0.05) is 17.1 Å². The Morgan fingerprint density at radius 2 is 1.59 bits per heavy atom. The zero-order valence-corrected chi connectivity index (χ0v) is 12.6. The highest BCUT2D eigenvalue weighted by molar-refractivity contribution is 8.05. The maximum atomic E-state index is 2.52. The molecule has 1 aliphatic heterocycles. The highest BCUT2D eigenvalue weighted by atomic mass is 32.2. The number of rotatable bonds is 9. The van der Waals surface area contributed by atoms with Crippen LogP contribution >= 0.6 is 11.8 Å². The van der Waals surface area contributed by atoms with Crippen LogP contribution in [0.1, 0.15) is 72.1 Å². The first-order chi connectivity index (χ1) is 8.33. The molecule has 0 spiro atoms. The quantitative estimate of drug-likeness (QED) is 0.531. The third-order valence-corrected chi connectivity index (χ3v) is 4.35. The van der Waals surface area contributed by atoms with Crippen LogP contribution in [-0.2, 0) is 0 Å². The normalized spacial score (nSPS) is 16.1. The Labute approximate surface area is 112 Å². The van der Waals surface area contributed by atoms with Gasteiger partial charge in [0.2, 0.25) is 0 Å². The lowest BCUT2D eigenvalue weighted by Gasteiger charge is -2.21. The molecule has 0 amide bonds. The molecule has 0 aliphatic carbocycles. The Morgan fingerprint density at radius 1 is 0.941 bits per heavy atom. The predicted octanol–water partition coefficient (Wildman–Crippen LogP) is 5.55. The fraction of sp³-hybridized carbons (Fsp3) is 0.800. The predicted molar refractivity (Wildman–Crippen MR) is 79.6 cm³/mol. The van der Waals surface area contributed by atoms with Gasteiger partial charge in [-0.3, -0.25) is 0 Å². The second kappa shape index (κ2) is 8.91. The van der Waals surface area contributed by atoms with Crippen molar-refractivity contribution >= 4 is 11.8 Å². The van der Waals surface area contributed by atoms with Crippen LogP contribution in [0.15, 0.2) is 10.6 Å². The fourth-order valence-corrected chi connectivity index (χ4v) is 3.21. The highest BCUT2D eigenvalue weighted by Gasteiger charge is 2.21. The molecular weight excluding hydrogens is 226 g/mol. The second-order valence-electron chi connectivity index (χ2n) is 4.85. The fourth-order valence-electron chi connectivity index (χ4n) is 2.10. The molecule has 0 aromatic rings. The highest BCUT2D eigenvalue weighted by Crippen LogP contribution is 2.40. The third-order valence-electron chi connectivity index (χ3n) is 3.27. The lowest BCUT2D eigenvalue weighted by molar-refractivity contribution is 0.416. The van der Waals surface area contributed by atoms with E-state index >= 15 is 0 Å². The van der Waals surface area contributed by atoms with Gasteiger partial charge in [0.25, 0.3) is 0 Å². The first kappa shape index (κ1) is 14.9. The summed E-state index contributed by atoms with van der Waals surface area (Å²) in [7, 11) is 0. The van der Waals surface area contributed by atoms with Crippen molar-refractivity contribution in [3.05, 3.63) is 16.5 Å². The van der Waals surface area contributed by atoms with Gasteiger partial charge in [-0.05, 0) is 32.1 Å². The van der Waals surface area contributed by atoms with Gasteiger partial charge in [-0.1, -0.05) is 40.0 Å². The van der Waals surface area contributed by atoms with Crippen LogP contribution in [0.5, 0.6) is 0 Å². The van der Waals surface area contributed by atoms with E-state index in [9.17, 15) is 0 Å². The van der Waals surface area contributed by atoms with Crippen molar-refractivity contribution in [1.82, 2.24) is 4.90 Å². The average Bonchev–Trinajstić information content (AvgIpc) is 2.73. The Morgan fingerprint density at radius 3 is 2.24 bits per heavy atom. The molecule has 99 valence electrons. The third kappa shape index (κ3) is 4.95. The summed E-state index contributed by atoms with van der Waals surface area (Å²) in [6.07, 6.45) is 10.5. The Hall–Kier alpha value is -0.110. The van der Waals surface area contributed by atoms with Crippen molar-refractivity contribution in [3.63, 3.8) is 0 Å². The summed E-state index contributed by atoms with van der Waals surface area (Å²) in [5.41, 5.74) is 1.64. The Balaban J connectivity index is 2.56. The first-order valence-corrected chi connectivity index (χ1v) is 8.20. The molecule has 0 saturated heterocycles. The van der Waals surface area contributed by atoms with Gasteiger partial charge in [-0.25, -0.2) is 0 Å². The minimum absolute atomic E-state index is 1.22. The maximum absolute atomic E-state index is 2.52. The molecule has 0 aromatic heterocycles. The molecule has 1 nitrogen and oxygen atoms in total. The van der Waals surface area contributed by atoms with Gasteiger partial charge >= 0.3 is 0 Å². The van der Waals surface area contributed by atoms with Gasteiger partial charge in [-0.15, -0.1) is 11.8 Å². The molecule has 0 unspecified atom stereocenters. The summed E-state index contributed by atoms with van der Waals surface area (Å²) < 4.78 is 0. The number of thioether (sulfide) groups is 1. The second-order valence-corrected chi connectivity index (χ2v) is 5.79. The number of hydrogen-bond acceptors (Lipinski definition) is 2. The minimum Gasteiger partial charge on any atom is -0.359 e. The molecule has 1 heterocycles. The summed E-state index contributed by atoms with van der Waals surface area (Å²) >= 11 is 1.98. The van der Waals surface area contributed by atoms with Crippen LogP contribution in [-0.4, -0.2) is 11.4 Å². The zero-order valence-electron chi connectivity index (χ0n) is 11.8. The van der Waals surface area contributed by atoms with Gasteiger partial charge in [0.05, 0.1) is 0 Å². The molecule has 1 rings (SSSR count). The summed E-state index contributed by atoms with van der Waals surface area (Å²) in [6.45, 7) is 8.06. The van der Waals surface area contributed by atoms with Crippen molar-refractivity contribution < 1.29 is 0 Å². The molecule has 17 heavy (non-hydrogen) atoms. The van der Waals surface area contributed by atoms with Crippen molar-refractivity contribution in [2.24, 2.45) is 0 Å². The van der Waals surface area contributed by atoms with Crippen LogP contribution in [0, 0.1) is 5.88 Å². The SMILES string of the molecule is CCCCC1=C(CCCC)N(CCCC)[CH]S1. The molecule has 0 N–H and O–H groups in total. The summed E-state index contributed by atoms with van der Waals surface area (Å²) in [5.74, 6) is 2.35. The van der Waals surface area contributed by atoms with E-state index in [0.29, 0.717) is 0 Å². The summed E-state index contributed by atoms with van der Waals surface area (Å²) in [4.78, 5) is 4.17. The van der Waals surface area contributed by atoms with E-state index in [4.69, 9.17) is 0 Å². The van der Waals surface area contributed by atoms with E-state index in [1.54, 1.807) is 10.6 Å². The number of nitrogens with zero attached hydrogens (tertiary/aromatic N) is 1. The maximum Gasteiger partial charge on any atom is 0.109 e. The van der Waals surface area contributed by atoms with Crippen LogP contribution in [0.25, 0.3) is 0 Å². The van der Waals surface area contributed by atoms with E-state index in [2.05, 4.69) is 31.5 Å². The van der Waals surface area contributed by atoms with E-state index in [-0.39, 0.29) is 0 Å². The Bertz CT molecular complexity index is 235. The van der Waals surface area contributed by atoms with Gasteiger partial charge in [0.15, 0.2) is 0 Å². The number of unbranched alkanes of at least 4 members (excludes halogenated alkanes) is 3. The van der Waals surface area contributed by atoms with Crippen molar-refractivity contribution in [2.45, 2.75) is 72.1 Å². The van der Waals surface area contributed by atoms with Crippen LogP contribution in [0.3, 0.4) is 0 Å². The van der Waals surface area contributed by atoms with Gasteiger partial charge in [-0.2, -0.15) is 0 Å². The monoisotopic (exact) mass is 254 g/mol. The number of hydrogen-bond donors (Lipinski definition) is 0. The van der Waals surface area contributed by atoms with Crippen LogP contribution < -0.4 is 0 Å². The summed E-state index contributed by atoms with van der Waals surface area (Å²) in [6, 6.07) is 0. The number of allylic oxidation sites excluding steroid dienone is 2. The zero-order chi connectivity index (χ0) is 12.5. The van der Waals surface area contributed by atoms with Gasteiger partial charge in [0.1, 0.15) is 5.88 Å². The van der Waals surface area contributed by atoms with E-state index < -0.39 is 0 Å². The molecule has 0 aromatic carbocycles. The lowest BCUT2D eigenvalue weighted by Crippen LogP contribution is -2.17. The molecular formula is C15H28NS. The van der Waals surface area contributed by atoms with Gasteiger partial charge < -0.3 is 4.90 Å². The molecule has 0 bridgehead atoms. The molecule has 2 heteroatoms. The molecule has 0 atom stereocenters. The smallest absolute Gasteiger partial charge is 0.109 e. The average molecular weight is 254 g/mol. The molecule has 1 aliphatic rings.